The molecule has 1 N–H and O–H groups in total. The van der Waals surface area contributed by atoms with Gasteiger partial charge >= 0.3 is 29.6 Å². The molecule has 0 aliphatic rings. The SMILES string of the molecule is CCCCCCCCCCCCCCCC(O)C=CC(=O)[O-].[Na+]. The largest absolute Gasteiger partial charge is 1.00 e. The summed E-state index contributed by atoms with van der Waals surface area (Å²) in [6.45, 7) is 2.25. The fourth-order valence-electron chi connectivity index (χ4n) is 2.66. The van der Waals surface area contributed by atoms with E-state index in [4.69, 9.17) is 0 Å². The Morgan fingerprint density at radius 2 is 1.26 bits per heavy atom. The van der Waals surface area contributed by atoms with Gasteiger partial charge in [0, 0.05) is 0 Å². The van der Waals surface area contributed by atoms with Crippen LogP contribution in [0.5, 0.6) is 0 Å². The molecule has 1 atom stereocenters. The number of unbranched alkanes of at least 4 members (excludes halogenated alkanes) is 12. The quantitative estimate of drug-likeness (QED) is 0.262. The molecule has 0 aliphatic heterocycles. The summed E-state index contributed by atoms with van der Waals surface area (Å²) in [6, 6.07) is 0. The topological polar surface area (TPSA) is 60.4 Å². The van der Waals surface area contributed by atoms with Crippen LogP contribution in [0.15, 0.2) is 12.2 Å². The Balaban J connectivity index is 0. The van der Waals surface area contributed by atoms with Gasteiger partial charge in [-0.05, 0) is 12.5 Å². The fourth-order valence-corrected chi connectivity index (χ4v) is 2.66. The second-order valence-electron chi connectivity index (χ2n) is 6.28. The van der Waals surface area contributed by atoms with Gasteiger partial charge < -0.3 is 15.0 Å². The van der Waals surface area contributed by atoms with Crippen molar-refractivity contribution in [2.45, 2.75) is 103 Å². The van der Waals surface area contributed by atoms with E-state index >= 15 is 0 Å². The first-order valence-corrected chi connectivity index (χ1v) is 9.24. The van der Waals surface area contributed by atoms with Crippen LogP contribution in [-0.4, -0.2) is 17.2 Å². The van der Waals surface area contributed by atoms with E-state index < -0.39 is 12.1 Å². The Hall–Kier alpha value is 0.170. The molecule has 0 aromatic heterocycles. The van der Waals surface area contributed by atoms with Gasteiger partial charge in [0.2, 0.25) is 0 Å². The van der Waals surface area contributed by atoms with Gasteiger partial charge in [-0.2, -0.15) is 0 Å². The summed E-state index contributed by atoms with van der Waals surface area (Å²) in [5, 5.41) is 19.7. The molecular formula is C19H35NaO3. The minimum absolute atomic E-state index is 0. The van der Waals surface area contributed by atoms with Crippen molar-refractivity contribution in [2.24, 2.45) is 0 Å². The summed E-state index contributed by atoms with van der Waals surface area (Å²) in [5.41, 5.74) is 0. The van der Waals surface area contributed by atoms with E-state index in [0.717, 1.165) is 18.9 Å². The maximum absolute atomic E-state index is 10.2. The number of carboxylic acid groups (broad SMARTS) is 1. The number of hydrogen-bond donors (Lipinski definition) is 1. The van der Waals surface area contributed by atoms with Gasteiger partial charge in [0.25, 0.3) is 0 Å². The molecule has 0 amide bonds. The van der Waals surface area contributed by atoms with Crippen LogP contribution in [0, 0.1) is 0 Å². The third-order valence-electron chi connectivity index (χ3n) is 4.06. The molecule has 0 rings (SSSR count). The predicted molar refractivity (Wildman–Crippen MR) is 90.5 cm³/mol. The third kappa shape index (κ3) is 22.2. The van der Waals surface area contributed by atoms with Gasteiger partial charge in [0.1, 0.15) is 0 Å². The van der Waals surface area contributed by atoms with Crippen molar-refractivity contribution >= 4 is 5.97 Å². The zero-order valence-corrected chi connectivity index (χ0v) is 17.4. The van der Waals surface area contributed by atoms with E-state index in [9.17, 15) is 15.0 Å². The van der Waals surface area contributed by atoms with Crippen molar-refractivity contribution in [3.63, 3.8) is 0 Å². The second-order valence-corrected chi connectivity index (χ2v) is 6.28. The molecular weight excluding hydrogens is 299 g/mol. The molecule has 4 heteroatoms. The zero-order valence-electron chi connectivity index (χ0n) is 15.4. The third-order valence-corrected chi connectivity index (χ3v) is 4.06. The maximum atomic E-state index is 10.2. The summed E-state index contributed by atoms with van der Waals surface area (Å²) >= 11 is 0. The van der Waals surface area contributed by atoms with Gasteiger partial charge in [0.15, 0.2) is 0 Å². The average Bonchev–Trinajstić information content (AvgIpc) is 2.49. The van der Waals surface area contributed by atoms with Crippen LogP contribution in [0.2, 0.25) is 0 Å². The first-order valence-electron chi connectivity index (χ1n) is 9.24. The van der Waals surface area contributed by atoms with E-state index in [2.05, 4.69) is 6.92 Å². The number of carbonyl (C=O) groups is 1. The van der Waals surface area contributed by atoms with Crippen molar-refractivity contribution in [1.82, 2.24) is 0 Å². The van der Waals surface area contributed by atoms with E-state index in [1.165, 1.54) is 76.7 Å². The molecule has 0 radical (unpaired) electrons. The van der Waals surface area contributed by atoms with Crippen LogP contribution in [-0.2, 0) is 4.79 Å². The maximum Gasteiger partial charge on any atom is 1.00 e. The van der Waals surface area contributed by atoms with E-state index in [1.54, 1.807) is 0 Å². The van der Waals surface area contributed by atoms with E-state index in [-0.39, 0.29) is 29.6 Å². The van der Waals surface area contributed by atoms with Crippen molar-refractivity contribution in [3.05, 3.63) is 12.2 Å². The number of carboxylic acids is 1. The number of aliphatic carboxylic acids is 1. The van der Waals surface area contributed by atoms with Crippen LogP contribution in [0.1, 0.15) is 96.8 Å². The van der Waals surface area contributed by atoms with Crippen LogP contribution in [0.25, 0.3) is 0 Å². The Morgan fingerprint density at radius 3 is 1.65 bits per heavy atom. The molecule has 1 unspecified atom stereocenters. The van der Waals surface area contributed by atoms with Crippen LogP contribution < -0.4 is 34.7 Å². The van der Waals surface area contributed by atoms with Crippen LogP contribution in [0.3, 0.4) is 0 Å². The second kappa shape index (κ2) is 20.2. The summed E-state index contributed by atoms with van der Waals surface area (Å²) in [4.78, 5) is 10.2. The number of aliphatic hydroxyl groups excluding tert-OH is 1. The van der Waals surface area contributed by atoms with Gasteiger partial charge in [-0.25, -0.2) is 0 Å². The van der Waals surface area contributed by atoms with Gasteiger partial charge in [-0.3, -0.25) is 0 Å². The molecule has 0 heterocycles. The van der Waals surface area contributed by atoms with Crippen LogP contribution >= 0.6 is 0 Å². The van der Waals surface area contributed by atoms with Crippen molar-refractivity contribution < 1.29 is 44.6 Å². The summed E-state index contributed by atoms with van der Waals surface area (Å²) in [6.07, 6.45) is 19.1. The molecule has 0 aromatic rings. The summed E-state index contributed by atoms with van der Waals surface area (Å²) in [5.74, 6) is -1.25. The molecule has 0 aromatic carbocycles. The van der Waals surface area contributed by atoms with Crippen LogP contribution in [0.4, 0.5) is 0 Å². The molecule has 23 heavy (non-hydrogen) atoms. The smallest absolute Gasteiger partial charge is 0.545 e. The Labute approximate surface area is 165 Å². The minimum atomic E-state index is -1.25. The molecule has 3 nitrogen and oxygen atoms in total. The van der Waals surface area contributed by atoms with Gasteiger partial charge in [0.05, 0.1) is 12.1 Å². The molecule has 0 spiro atoms. The molecule has 0 bridgehead atoms. The van der Waals surface area contributed by atoms with Crippen molar-refractivity contribution in [1.29, 1.82) is 0 Å². The number of hydrogen-bond acceptors (Lipinski definition) is 3. The molecule has 130 valence electrons. The average molecular weight is 334 g/mol. The first-order chi connectivity index (χ1) is 10.7. The Kier molecular flexibility index (Phi) is 22.3. The predicted octanol–water partition coefficient (Wildman–Crippen LogP) is 1.14. The normalized spacial score (nSPS) is 12.3. The molecule has 0 saturated heterocycles. The van der Waals surface area contributed by atoms with Gasteiger partial charge in [-0.15, -0.1) is 0 Å². The summed E-state index contributed by atoms with van der Waals surface area (Å²) in [7, 11) is 0. The number of aliphatic hydroxyl groups is 1. The number of carbonyl (C=O) groups excluding carboxylic acids is 1. The minimum Gasteiger partial charge on any atom is -0.545 e. The summed E-state index contributed by atoms with van der Waals surface area (Å²) < 4.78 is 0. The number of rotatable bonds is 16. The van der Waals surface area contributed by atoms with Crippen molar-refractivity contribution in [2.75, 3.05) is 0 Å². The monoisotopic (exact) mass is 334 g/mol. The van der Waals surface area contributed by atoms with E-state index in [0.29, 0.717) is 6.42 Å². The molecule has 0 saturated carbocycles. The Morgan fingerprint density at radius 1 is 0.870 bits per heavy atom. The first kappa shape index (κ1) is 25.4. The fraction of sp³-hybridized carbons (Fsp3) is 0.842. The molecule has 0 fully saturated rings. The van der Waals surface area contributed by atoms with E-state index in [1.807, 2.05) is 0 Å². The molecule has 0 aliphatic carbocycles. The van der Waals surface area contributed by atoms with Gasteiger partial charge in [-0.1, -0.05) is 96.5 Å². The Bertz CT molecular complexity index is 280. The van der Waals surface area contributed by atoms with Crippen molar-refractivity contribution in [3.8, 4) is 0 Å². The zero-order chi connectivity index (χ0) is 16.5. The standard InChI is InChI=1S/C19H36O3.Na/c1-2-3-4-5-6-7-8-9-10-11-12-13-14-15-18(20)16-17-19(21)22;/h16-18,20H,2-15H2,1H3,(H,21,22);/q;+1/p-1.